The van der Waals surface area contributed by atoms with Crippen LogP contribution in [0.3, 0.4) is 0 Å². The number of thioether (sulfide) groups is 1. The normalized spacial score (nSPS) is 17.8. The van der Waals surface area contributed by atoms with Crippen molar-refractivity contribution in [2.75, 3.05) is 6.54 Å². The maximum Gasteiger partial charge on any atom is 0.233 e. The average Bonchev–Trinajstić information content (AvgIpc) is 3.21. The summed E-state index contributed by atoms with van der Waals surface area (Å²) in [6.07, 6.45) is 5.24. The molecular weight excluding hydrogens is 388 g/mol. The van der Waals surface area contributed by atoms with Crippen LogP contribution in [0.1, 0.15) is 44.6 Å². The predicted molar refractivity (Wildman–Crippen MR) is 118 cm³/mol. The fourth-order valence-electron chi connectivity index (χ4n) is 3.53. The second kappa shape index (κ2) is 8.41. The number of hydrogen-bond acceptors (Lipinski definition) is 5. The molecule has 2 aromatic rings. The topological polar surface area (TPSA) is 59.8 Å². The molecule has 0 aliphatic heterocycles. The van der Waals surface area contributed by atoms with Crippen molar-refractivity contribution in [3.05, 3.63) is 29.2 Å². The number of carbonyl (C=O) groups is 1. The van der Waals surface area contributed by atoms with Crippen molar-refractivity contribution in [2.24, 2.45) is 18.4 Å². The zero-order valence-corrected chi connectivity index (χ0v) is 19.0. The highest BCUT2D eigenvalue weighted by Crippen LogP contribution is 2.42. The Labute approximate surface area is 176 Å². The maximum atomic E-state index is 12.1. The smallest absolute Gasteiger partial charge is 0.233 e. The number of nitrogens with zero attached hydrogens (tertiary/aromatic N) is 3. The van der Waals surface area contributed by atoms with Crippen LogP contribution >= 0.6 is 23.1 Å². The number of rotatable bonds is 6. The van der Waals surface area contributed by atoms with Crippen LogP contribution in [0.2, 0.25) is 0 Å². The lowest BCUT2D eigenvalue weighted by Crippen LogP contribution is -2.31. The zero-order valence-electron chi connectivity index (χ0n) is 17.4. The van der Waals surface area contributed by atoms with E-state index in [9.17, 15) is 4.79 Å². The molecule has 2 atom stereocenters. The van der Waals surface area contributed by atoms with E-state index in [1.165, 1.54) is 33.5 Å². The van der Waals surface area contributed by atoms with Crippen LogP contribution in [0.25, 0.3) is 10.7 Å². The van der Waals surface area contributed by atoms with Gasteiger partial charge in [0.2, 0.25) is 5.91 Å². The Hall–Kier alpha value is -1.60. The van der Waals surface area contributed by atoms with Crippen LogP contribution in [0.4, 0.5) is 0 Å². The first-order valence-electron chi connectivity index (χ1n) is 9.77. The molecule has 0 saturated heterocycles. The van der Waals surface area contributed by atoms with Gasteiger partial charge in [0.1, 0.15) is 0 Å². The lowest BCUT2D eigenvalue weighted by molar-refractivity contribution is -0.120. The number of aromatic nitrogens is 3. The van der Waals surface area contributed by atoms with E-state index in [0.29, 0.717) is 12.0 Å². The van der Waals surface area contributed by atoms with Gasteiger partial charge in [-0.1, -0.05) is 38.6 Å². The summed E-state index contributed by atoms with van der Waals surface area (Å²) >= 11 is 3.27. The Morgan fingerprint density at radius 1 is 1.50 bits per heavy atom. The summed E-state index contributed by atoms with van der Waals surface area (Å²) in [5.74, 6) is 1.59. The molecule has 0 radical (unpaired) electrons. The SMILES string of the molecule is C=CCNC(=O)C(C)Sc1nnc(-c2cc3c(s2)CCC(C(C)(C)C)C3)n1C. The summed E-state index contributed by atoms with van der Waals surface area (Å²) in [5.41, 5.74) is 1.82. The monoisotopic (exact) mass is 418 g/mol. The van der Waals surface area contributed by atoms with Crippen LogP contribution < -0.4 is 5.32 Å². The van der Waals surface area contributed by atoms with Crippen LogP contribution in [0, 0.1) is 11.3 Å². The van der Waals surface area contributed by atoms with E-state index in [0.717, 1.165) is 29.7 Å². The highest BCUT2D eigenvalue weighted by atomic mass is 32.2. The van der Waals surface area contributed by atoms with Gasteiger partial charge >= 0.3 is 0 Å². The first-order valence-corrected chi connectivity index (χ1v) is 11.5. The van der Waals surface area contributed by atoms with E-state index in [2.05, 4.69) is 48.9 Å². The predicted octanol–water partition coefficient (Wildman–Crippen LogP) is 4.48. The Bertz CT molecular complexity index is 862. The number of hydrogen-bond donors (Lipinski definition) is 1. The van der Waals surface area contributed by atoms with Crippen molar-refractivity contribution in [2.45, 2.75) is 57.4 Å². The van der Waals surface area contributed by atoms with E-state index in [1.807, 2.05) is 29.9 Å². The molecule has 1 aliphatic rings. The highest BCUT2D eigenvalue weighted by Gasteiger charge is 2.30. The summed E-state index contributed by atoms with van der Waals surface area (Å²) in [6, 6.07) is 2.30. The van der Waals surface area contributed by atoms with Gasteiger partial charge in [-0.05, 0) is 49.1 Å². The molecule has 2 heterocycles. The van der Waals surface area contributed by atoms with Gasteiger partial charge in [-0.25, -0.2) is 0 Å². The van der Waals surface area contributed by atoms with E-state index in [-0.39, 0.29) is 11.2 Å². The van der Waals surface area contributed by atoms with Crippen molar-refractivity contribution in [3.63, 3.8) is 0 Å². The van der Waals surface area contributed by atoms with E-state index < -0.39 is 0 Å². The number of amides is 1. The molecule has 7 heteroatoms. The third kappa shape index (κ3) is 4.51. The average molecular weight is 419 g/mol. The van der Waals surface area contributed by atoms with Crippen LogP contribution in [0.5, 0.6) is 0 Å². The Balaban J connectivity index is 1.75. The second-order valence-electron chi connectivity index (χ2n) is 8.52. The summed E-state index contributed by atoms with van der Waals surface area (Å²) in [6.45, 7) is 13.0. The standard InChI is InChI=1S/C21H30N4OS2/c1-7-10-22-19(26)13(2)27-20-24-23-18(25(20)6)17-12-14-11-15(21(3,4)5)8-9-16(14)28-17/h7,12-13,15H,1,8-11H2,2-6H3,(H,22,26). The minimum Gasteiger partial charge on any atom is -0.352 e. The zero-order chi connectivity index (χ0) is 20.5. The molecule has 2 aromatic heterocycles. The summed E-state index contributed by atoms with van der Waals surface area (Å²) in [5, 5.41) is 12.1. The fourth-order valence-corrected chi connectivity index (χ4v) is 5.60. The molecule has 0 aromatic carbocycles. The molecule has 5 nitrogen and oxygen atoms in total. The van der Waals surface area contributed by atoms with Gasteiger partial charge in [0, 0.05) is 18.5 Å². The molecule has 1 aliphatic carbocycles. The molecule has 0 fully saturated rings. The van der Waals surface area contributed by atoms with Gasteiger partial charge in [0.05, 0.1) is 10.1 Å². The number of aryl methyl sites for hydroxylation is 1. The largest absolute Gasteiger partial charge is 0.352 e. The Morgan fingerprint density at radius 2 is 2.25 bits per heavy atom. The first-order chi connectivity index (χ1) is 13.2. The van der Waals surface area contributed by atoms with Crippen molar-refractivity contribution in [1.29, 1.82) is 0 Å². The second-order valence-corrected chi connectivity index (χ2v) is 11.0. The highest BCUT2D eigenvalue weighted by molar-refractivity contribution is 8.00. The first kappa shape index (κ1) is 21.1. The van der Waals surface area contributed by atoms with Crippen molar-refractivity contribution < 1.29 is 4.79 Å². The van der Waals surface area contributed by atoms with Crippen molar-refractivity contribution >= 4 is 29.0 Å². The quantitative estimate of drug-likeness (QED) is 0.555. The number of thiophene rings is 1. The third-order valence-electron chi connectivity index (χ3n) is 5.43. The molecule has 1 amide bonds. The number of nitrogens with one attached hydrogen (secondary N) is 1. The molecule has 3 rings (SSSR count). The van der Waals surface area contributed by atoms with Crippen LogP contribution in [0.15, 0.2) is 23.9 Å². The maximum absolute atomic E-state index is 12.1. The van der Waals surface area contributed by atoms with E-state index in [1.54, 1.807) is 6.08 Å². The third-order valence-corrected chi connectivity index (χ3v) is 7.80. The fraction of sp³-hybridized carbons (Fsp3) is 0.571. The summed E-state index contributed by atoms with van der Waals surface area (Å²) < 4.78 is 2.00. The molecule has 0 saturated carbocycles. The molecule has 0 spiro atoms. The minimum atomic E-state index is -0.236. The van der Waals surface area contributed by atoms with Crippen molar-refractivity contribution in [1.82, 2.24) is 20.1 Å². The molecule has 152 valence electrons. The van der Waals surface area contributed by atoms with Gasteiger partial charge in [0.25, 0.3) is 0 Å². The molecule has 1 N–H and O–H groups in total. The lowest BCUT2D eigenvalue weighted by atomic mass is 9.72. The Kier molecular flexibility index (Phi) is 6.34. The minimum absolute atomic E-state index is 0.0192. The number of carbonyl (C=O) groups excluding carboxylic acids is 1. The molecular formula is C21H30N4OS2. The summed E-state index contributed by atoms with van der Waals surface area (Å²) in [7, 11) is 1.97. The van der Waals surface area contributed by atoms with Crippen LogP contribution in [-0.4, -0.2) is 32.5 Å². The van der Waals surface area contributed by atoms with Crippen LogP contribution in [-0.2, 0) is 24.7 Å². The van der Waals surface area contributed by atoms with E-state index in [4.69, 9.17) is 0 Å². The van der Waals surface area contributed by atoms with Crippen molar-refractivity contribution in [3.8, 4) is 10.7 Å². The summed E-state index contributed by atoms with van der Waals surface area (Å²) in [4.78, 5) is 14.8. The van der Waals surface area contributed by atoms with Gasteiger partial charge in [-0.3, -0.25) is 4.79 Å². The number of fused-ring (bicyclic) bond motifs is 1. The lowest BCUT2D eigenvalue weighted by Gasteiger charge is -2.33. The Morgan fingerprint density at radius 3 is 2.93 bits per heavy atom. The molecule has 2 unspecified atom stereocenters. The van der Waals surface area contributed by atoms with Gasteiger partial charge in [-0.2, -0.15) is 0 Å². The van der Waals surface area contributed by atoms with Gasteiger partial charge in [0.15, 0.2) is 11.0 Å². The van der Waals surface area contributed by atoms with Gasteiger partial charge < -0.3 is 9.88 Å². The van der Waals surface area contributed by atoms with E-state index >= 15 is 0 Å². The molecule has 0 bridgehead atoms. The van der Waals surface area contributed by atoms with Gasteiger partial charge in [-0.15, -0.1) is 28.1 Å². The molecule has 28 heavy (non-hydrogen) atoms.